The van der Waals surface area contributed by atoms with Crippen LogP contribution in [-0.2, 0) is 11.2 Å². The molecule has 0 saturated heterocycles. The molecule has 3 rings (SSSR count). The molecule has 0 aliphatic rings. The van der Waals surface area contributed by atoms with Gasteiger partial charge in [0.2, 0.25) is 5.91 Å². The number of benzene rings is 1. The fourth-order valence-electron chi connectivity index (χ4n) is 2.44. The molecule has 1 amide bonds. The number of H-pyrrole nitrogens is 2. The zero-order chi connectivity index (χ0) is 17.3. The summed E-state index contributed by atoms with van der Waals surface area (Å²) in [4.78, 5) is 27.0. The summed E-state index contributed by atoms with van der Waals surface area (Å²) in [5.41, 5.74) is 2.48. The van der Waals surface area contributed by atoms with Gasteiger partial charge in [0, 0.05) is 24.7 Å². The molecule has 1 aromatic carbocycles. The Morgan fingerprint density at radius 1 is 1.29 bits per heavy atom. The van der Waals surface area contributed by atoms with Gasteiger partial charge < -0.3 is 15.3 Å². The lowest BCUT2D eigenvalue weighted by Crippen LogP contribution is -2.27. The molecule has 0 bridgehead atoms. The summed E-state index contributed by atoms with van der Waals surface area (Å²) >= 11 is 12.0. The Labute approximate surface area is 149 Å². The lowest BCUT2D eigenvalue weighted by Gasteiger charge is -2.10. The average Bonchev–Trinajstić information content (AvgIpc) is 3.12. The van der Waals surface area contributed by atoms with E-state index < -0.39 is 0 Å². The number of carbonyl (C=O) groups excluding carboxylic acids is 1. The molecule has 6 nitrogen and oxygen atoms in total. The van der Waals surface area contributed by atoms with Gasteiger partial charge in [-0.05, 0) is 26.0 Å². The Bertz CT molecular complexity index is 847. The molecule has 1 atom stereocenters. The first-order valence-electron chi connectivity index (χ1n) is 7.57. The smallest absolute Gasteiger partial charge is 0.221 e. The summed E-state index contributed by atoms with van der Waals surface area (Å²) in [5, 5.41) is 3.84. The molecule has 2 aromatic heterocycles. The third kappa shape index (κ3) is 3.71. The van der Waals surface area contributed by atoms with Crippen molar-refractivity contribution >= 4 is 40.1 Å². The van der Waals surface area contributed by atoms with Crippen molar-refractivity contribution < 1.29 is 4.79 Å². The van der Waals surface area contributed by atoms with Crippen LogP contribution < -0.4 is 5.32 Å². The summed E-state index contributed by atoms with van der Waals surface area (Å²) in [5.74, 6) is 1.40. The van der Waals surface area contributed by atoms with E-state index in [4.69, 9.17) is 23.2 Å². The number of aromatic amines is 2. The zero-order valence-corrected chi connectivity index (χ0v) is 14.8. The largest absolute Gasteiger partial charge is 0.346 e. The van der Waals surface area contributed by atoms with Crippen molar-refractivity contribution in [1.82, 2.24) is 25.3 Å². The summed E-state index contributed by atoms with van der Waals surface area (Å²) < 4.78 is 0. The maximum Gasteiger partial charge on any atom is 0.221 e. The number of hydrogen-bond acceptors (Lipinski definition) is 3. The molecule has 0 saturated carbocycles. The van der Waals surface area contributed by atoms with Gasteiger partial charge >= 0.3 is 0 Å². The molecule has 24 heavy (non-hydrogen) atoms. The van der Waals surface area contributed by atoms with E-state index >= 15 is 0 Å². The first-order chi connectivity index (χ1) is 11.4. The van der Waals surface area contributed by atoms with E-state index in [1.807, 2.05) is 13.8 Å². The number of amides is 1. The van der Waals surface area contributed by atoms with Crippen LogP contribution in [0.15, 0.2) is 18.3 Å². The first-order valence-corrected chi connectivity index (χ1v) is 8.32. The van der Waals surface area contributed by atoms with Gasteiger partial charge in [-0.3, -0.25) is 4.79 Å². The second-order valence-electron chi connectivity index (χ2n) is 5.71. The normalized spacial score (nSPS) is 12.5. The molecule has 1 unspecified atom stereocenters. The molecule has 0 radical (unpaired) electrons. The number of carbonyl (C=O) groups is 1. The number of nitrogens with one attached hydrogen (secondary N) is 3. The Hall–Kier alpha value is -2.05. The molecular weight excluding hydrogens is 349 g/mol. The molecular formula is C16H17Cl2N5O. The monoisotopic (exact) mass is 365 g/mol. The second-order valence-corrected chi connectivity index (χ2v) is 6.52. The minimum atomic E-state index is -0.249. The van der Waals surface area contributed by atoms with Crippen molar-refractivity contribution in [3.05, 3.63) is 45.7 Å². The van der Waals surface area contributed by atoms with Crippen LogP contribution in [0.4, 0.5) is 0 Å². The predicted molar refractivity (Wildman–Crippen MR) is 94.3 cm³/mol. The number of nitrogens with zero attached hydrogens (tertiary/aromatic N) is 2. The van der Waals surface area contributed by atoms with E-state index in [0.29, 0.717) is 34.2 Å². The predicted octanol–water partition coefficient (Wildman–Crippen LogP) is 3.71. The maximum atomic E-state index is 12.1. The van der Waals surface area contributed by atoms with Crippen molar-refractivity contribution in [2.24, 2.45) is 0 Å². The highest BCUT2D eigenvalue weighted by molar-refractivity contribution is 6.42. The standard InChI is InChI=1S/C16H17Cl2N5O/c1-8-7-19-14(20-8)3-4-15(24)21-9(2)16-22-12-5-10(17)11(18)6-13(12)23-16/h5-7,9H,3-4H2,1-2H3,(H,19,20)(H,21,24)(H,22,23). The number of hydrogen-bond donors (Lipinski definition) is 3. The Morgan fingerprint density at radius 3 is 2.75 bits per heavy atom. The molecule has 3 aromatic rings. The Kier molecular flexibility index (Phi) is 4.78. The molecule has 8 heteroatoms. The van der Waals surface area contributed by atoms with Gasteiger partial charge in [-0.1, -0.05) is 23.2 Å². The highest BCUT2D eigenvalue weighted by Crippen LogP contribution is 2.27. The molecule has 0 aliphatic heterocycles. The van der Waals surface area contributed by atoms with Crippen LogP contribution in [0.1, 0.15) is 36.7 Å². The summed E-state index contributed by atoms with van der Waals surface area (Å²) in [6.45, 7) is 3.80. The van der Waals surface area contributed by atoms with E-state index in [2.05, 4.69) is 25.3 Å². The fraction of sp³-hybridized carbons (Fsp3) is 0.312. The minimum absolute atomic E-state index is 0.0620. The third-order valence-corrected chi connectivity index (χ3v) is 4.40. The summed E-state index contributed by atoms with van der Waals surface area (Å²) in [6.07, 6.45) is 2.67. The highest BCUT2D eigenvalue weighted by Gasteiger charge is 2.15. The van der Waals surface area contributed by atoms with Gasteiger partial charge in [0.05, 0.1) is 27.1 Å². The Morgan fingerprint density at radius 2 is 2.04 bits per heavy atom. The first kappa shape index (κ1) is 16.8. The van der Waals surface area contributed by atoms with E-state index in [-0.39, 0.29) is 11.9 Å². The molecule has 0 spiro atoms. The van der Waals surface area contributed by atoms with Crippen molar-refractivity contribution in [3.8, 4) is 0 Å². The van der Waals surface area contributed by atoms with E-state index in [9.17, 15) is 4.79 Å². The number of imidazole rings is 2. The summed E-state index contributed by atoms with van der Waals surface area (Å²) in [6, 6.07) is 3.18. The van der Waals surface area contributed by atoms with Crippen LogP contribution in [0.2, 0.25) is 10.0 Å². The van der Waals surface area contributed by atoms with Gasteiger partial charge in [-0.15, -0.1) is 0 Å². The van der Waals surface area contributed by atoms with Gasteiger partial charge in [0.25, 0.3) is 0 Å². The molecule has 0 aliphatic carbocycles. The maximum absolute atomic E-state index is 12.1. The fourth-order valence-corrected chi connectivity index (χ4v) is 2.76. The quantitative estimate of drug-likeness (QED) is 0.643. The van der Waals surface area contributed by atoms with Crippen LogP contribution in [0.25, 0.3) is 11.0 Å². The third-order valence-electron chi connectivity index (χ3n) is 3.67. The lowest BCUT2D eigenvalue weighted by atomic mass is 10.2. The Balaban J connectivity index is 1.63. The summed E-state index contributed by atoms with van der Waals surface area (Å²) in [7, 11) is 0. The van der Waals surface area contributed by atoms with Gasteiger partial charge in [-0.2, -0.15) is 0 Å². The topological polar surface area (TPSA) is 86.5 Å². The number of halogens is 2. The van der Waals surface area contributed by atoms with Crippen LogP contribution in [-0.4, -0.2) is 25.8 Å². The van der Waals surface area contributed by atoms with Gasteiger partial charge in [0.1, 0.15) is 11.6 Å². The lowest BCUT2D eigenvalue weighted by molar-refractivity contribution is -0.121. The van der Waals surface area contributed by atoms with Crippen LogP contribution in [0.3, 0.4) is 0 Å². The molecule has 0 fully saturated rings. The molecule has 126 valence electrons. The van der Waals surface area contributed by atoms with Gasteiger partial charge in [-0.25, -0.2) is 9.97 Å². The highest BCUT2D eigenvalue weighted by atomic mass is 35.5. The van der Waals surface area contributed by atoms with Gasteiger partial charge in [0.15, 0.2) is 0 Å². The van der Waals surface area contributed by atoms with Crippen molar-refractivity contribution in [2.75, 3.05) is 0 Å². The van der Waals surface area contributed by atoms with Crippen molar-refractivity contribution in [3.63, 3.8) is 0 Å². The van der Waals surface area contributed by atoms with E-state index in [0.717, 1.165) is 17.0 Å². The van der Waals surface area contributed by atoms with Crippen LogP contribution >= 0.6 is 23.2 Å². The zero-order valence-electron chi connectivity index (χ0n) is 13.3. The van der Waals surface area contributed by atoms with Crippen molar-refractivity contribution in [1.29, 1.82) is 0 Å². The minimum Gasteiger partial charge on any atom is -0.346 e. The van der Waals surface area contributed by atoms with Crippen molar-refractivity contribution in [2.45, 2.75) is 32.7 Å². The van der Waals surface area contributed by atoms with Crippen LogP contribution in [0, 0.1) is 6.92 Å². The average molecular weight is 366 g/mol. The number of rotatable bonds is 5. The van der Waals surface area contributed by atoms with Crippen LogP contribution in [0.5, 0.6) is 0 Å². The number of aromatic nitrogens is 4. The molecule has 2 heterocycles. The van der Waals surface area contributed by atoms with E-state index in [1.165, 1.54) is 0 Å². The van der Waals surface area contributed by atoms with E-state index in [1.54, 1.807) is 18.3 Å². The number of fused-ring (bicyclic) bond motifs is 1. The SMILES string of the molecule is Cc1cnc(CCC(=O)NC(C)c2nc3cc(Cl)c(Cl)cc3[nH]2)[nH]1. The molecule has 3 N–H and O–H groups in total. The second kappa shape index (κ2) is 6.83. The number of aryl methyl sites for hydroxylation is 2.